The topological polar surface area (TPSA) is 31.4 Å². The molecule has 0 atom stereocenters. The highest BCUT2D eigenvalue weighted by Crippen LogP contribution is 2.40. The van der Waals surface area contributed by atoms with E-state index < -0.39 is 11.7 Å². The van der Waals surface area contributed by atoms with Crippen molar-refractivity contribution in [3.05, 3.63) is 23.5 Å². The summed E-state index contributed by atoms with van der Waals surface area (Å²) < 4.78 is 49.3. The molecule has 0 bridgehead atoms. The standard InChI is InChI=1S/C13H18F3NO2/c1-9(2)12-11(13(14,15)16)10(5-6-17-12)19-8-4-7-18-3/h5-6,9H,4,7-8H2,1-3H3. The average Bonchev–Trinajstić information content (AvgIpc) is 2.33. The van der Waals surface area contributed by atoms with E-state index in [1.165, 1.54) is 19.4 Å². The summed E-state index contributed by atoms with van der Waals surface area (Å²) in [5.74, 6) is -0.485. The lowest BCUT2D eigenvalue weighted by Gasteiger charge is -2.18. The zero-order valence-corrected chi connectivity index (χ0v) is 11.3. The fraction of sp³-hybridized carbons (Fsp3) is 0.615. The molecule has 0 N–H and O–H groups in total. The molecule has 0 fully saturated rings. The van der Waals surface area contributed by atoms with Gasteiger partial charge in [0.15, 0.2) is 0 Å². The molecule has 0 aliphatic rings. The fourth-order valence-electron chi connectivity index (χ4n) is 1.69. The molecule has 0 saturated heterocycles. The minimum atomic E-state index is -4.47. The van der Waals surface area contributed by atoms with Gasteiger partial charge in [0.05, 0.1) is 12.3 Å². The largest absolute Gasteiger partial charge is 0.493 e. The molecule has 3 nitrogen and oxygen atoms in total. The van der Waals surface area contributed by atoms with Gasteiger partial charge in [-0.15, -0.1) is 0 Å². The van der Waals surface area contributed by atoms with E-state index in [9.17, 15) is 13.2 Å². The van der Waals surface area contributed by atoms with Gasteiger partial charge in [-0.2, -0.15) is 13.2 Å². The Labute approximate surface area is 110 Å². The van der Waals surface area contributed by atoms with Crippen molar-refractivity contribution >= 4 is 0 Å². The highest BCUT2D eigenvalue weighted by molar-refractivity contribution is 5.39. The van der Waals surface area contributed by atoms with Gasteiger partial charge >= 0.3 is 6.18 Å². The first-order valence-electron chi connectivity index (χ1n) is 6.05. The van der Waals surface area contributed by atoms with Gasteiger partial charge in [-0.05, 0) is 12.0 Å². The summed E-state index contributed by atoms with van der Waals surface area (Å²) in [6.07, 6.45) is -2.59. The van der Waals surface area contributed by atoms with E-state index >= 15 is 0 Å². The maximum absolute atomic E-state index is 13.1. The molecule has 0 radical (unpaired) electrons. The third-order valence-electron chi connectivity index (χ3n) is 2.52. The van der Waals surface area contributed by atoms with Crippen LogP contribution in [-0.4, -0.2) is 25.3 Å². The number of hydrogen-bond acceptors (Lipinski definition) is 3. The predicted octanol–water partition coefficient (Wildman–Crippen LogP) is 3.64. The highest BCUT2D eigenvalue weighted by Gasteiger charge is 2.38. The number of pyridine rings is 1. The first-order valence-corrected chi connectivity index (χ1v) is 6.05. The van der Waals surface area contributed by atoms with Gasteiger partial charge in [0.25, 0.3) is 0 Å². The quantitative estimate of drug-likeness (QED) is 0.744. The summed E-state index contributed by atoms with van der Waals surface area (Å²) >= 11 is 0. The Balaban J connectivity index is 2.99. The van der Waals surface area contributed by atoms with Crippen molar-refractivity contribution in [1.29, 1.82) is 0 Å². The van der Waals surface area contributed by atoms with Gasteiger partial charge in [-0.1, -0.05) is 13.8 Å². The van der Waals surface area contributed by atoms with E-state index in [0.29, 0.717) is 13.0 Å². The van der Waals surface area contributed by atoms with Crippen LogP contribution in [0.1, 0.15) is 37.4 Å². The third-order valence-corrected chi connectivity index (χ3v) is 2.52. The Kier molecular flexibility index (Phi) is 5.60. The van der Waals surface area contributed by atoms with Crippen molar-refractivity contribution in [3.8, 4) is 5.75 Å². The minimum absolute atomic E-state index is 0.0109. The Morgan fingerprint density at radius 1 is 1.26 bits per heavy atom. The maximum atomic E-state index is 13.1. The summed E-state index contributed by atoms with van der Waals surface area (Å²) in [6, 6.07) is 1.25. The Bertz CT molecular complexity index is 405. The number of ether oxygens (including phenoxy) is 2. The summed E-state index contributed by atoms with van der Waals surface area (Å²) in [4.78, 5) is 3.83. The van der Waals surface area contributed by atoms with E-state index in [4.69, 9.17) is 9.47 Å². The fourth-order valence-corrected chi connectivity index (χ4v) is 1.69. The molecule has 0 spiro atoms. The number of methoxy groups -OCH3 is 1. The molecular formula is C13H18F3NO2. The molecule has 0 unspecified atom stereocenters. The second-order valence-corrected chi connectivity index (χ2v) is 4.42. The summed E-state index contributed by atoms with van der Waals surface area (Å²) in [5.41, 5.74) is -0.765. The van der Waals surface area contributed by atoms with Crippen LogP contribution in [0.15, 0.2) is 12.3 Å². The van der Waals surface area contributed by atoms with Crippen molar-refractivity contribution in [3.63, 3.8) is 0 Å². The number of aromatic nitrogens is 1. The first-order chi connectivity index (χ1) is 8.88. The average molecular weight is 277 g/mol. The summed E-state index contributed by atoms with van der Waals surface area (Å²) in [6.45, 7) is 3.97. The van der Waals surface area contributed by atoms with E-state index in [1.807, 2.05) is 0 Å². The molecule has 1 aromatic rings. The van der Waals surface area contributed by atoms with Crippen LogP contribution in [0.2, 0.25) is 0 Å². The molecule has 19 heavy (non-hydrogen) atoms. The first kappa shape index (κ1) is 15.8. The normalized spacial score (nSPS) is 11.9. The molecule has 0 aliphatic carbocycles. The van der Waals surface area contributed by atoms with Gasteiger partial charge in [0, 0.05) is 26.3 Å². The Morgan fingerprint density at radius 3 is 2.47 bits per heavy atom. The number of nitrogens with zero attached hydrogens (tertiary/aromatic N) is 1. The zero-order valence-electron chi connectivity index (χ0n) is 11.3. The Hall–Kier alpha value is -1.30. The predicted molar refractivity (Wildman–Crippen MR) is 65.3 cm³/mol. The smallest absolute Gasteiger partial charge is 0.421 e. The van der Waals surface area contributed by atoms with Crippen LogP contribution in [0.5, 0.6) is 5.75 Å². The van der Waals surface area contributed by atoms with Crippen molar-refractivity contribution in [2.24, 2.45) is 0 Å². The van der Waals surface area contributed by atoms with Crippen molar-refractivity contribution in [2.45, 2.75) is 32.4 Å². The second kappa shape index (κ2) is 6.75. The van der Waals surface area contributed by atoms with Gasteiger partial charge in [-0.25, -0.2) is 0 Å². The molecule has 6 heteroatoms. The van der Waals surface area contributed by atoms with Gasteiger partial charge in [-0.3, -0.25) is 4.98 Å². The summed E-state index contributed by atoms with van der Waals surface area (Å²) in [7, 11) is 1.53. The molecule has 0 saturated carbocycles. The zero-order chi connectivity index (χ0) is 14.5. The molecule has 1 aromatic heterocycles. The van der Waals surface area contributed by atoms with Crippen molar-refractivity contribution < 1.29 is 22.6 Å². The number of alkyl halides is 3. The molecule has 0 aliphatic heterocycles. The SMILES string of the molecule is COCCCOc1ccnc(C(C)C)c1C(F)(F)F. The molecule has 1 rings (SSSR count). The van der Waals surface area contributed by atoms with E-state index in [-0.39, 0.29) is 24.0 Å². The lowest BCUT2D eigenvalue weighted by Crippen LogP contribution is -2.15. The van der Waals surface area contributed by atoms with Crippen LogP contribution in [-0.2, 0) is 10.9 Å². The maximum Gasteiger partial charge on any atom is 0.421 e. The van der Waals surface area contributed by atoms with Crippen LogP contribution >= 0.6 is 0 Å². The molecule has 0 amide bonds. The minimum Gasteiger partial charge on any atom is -0.493 e. The van der Waals surface area contributed by atoms with Crippen LogP contribution in [0, 0.1) is 0 Å². The number of halogens is 3. The van der Waals surface area contributed by atoms with Crippen LogP contribution in [0.25, 0.3) is 0 Å². The van der Waals surface area contributed by atoms with E-state index in [2.05, 4.69) is 4.98 Å². The monoisotopic (exact) mass is 277 g/mol. The number of rotatable bonds is 6. The van der Waals surface area contributed by atoms with Gasteiger partial charge in [0.1, 0.15) is 11.3 Å². The third kappa shape index (κ3) is 4.38. The van der Waals surface area contributed by atoms with E-state index in [0.717, 1.165) is 0 Å². The second-order valence-electron chi connectivity index (χ2n) is 4.42. The molecular weight excluding hydrogens is 259 g/mol. The lowest BCUT2D eigenvalue weighted by molar-refractivity contribution is -0.140. The van der Waals surface area contributed by atoms with Gasteiger partial charge < -0.3 is 9.47 Å². The molecule has 1 heterocycles. The number of hydrogen-bond donors (Lipinski definition) is 0. The molecule has 0 aromatic carbocycles. The highest BCUT2D eigenvalue weighted by atomic mass is 19.4. The van der Waals surface area contributed by atoms with Crippen LogP contribution in [0.3, 0.4) is 0 Å². The van der Waals surface area contributed by atoms with Crippen molar-refractivity contribution in [1.82, 2.24) is 4.98 Å². The molecule has 108 valence electrons. The van der Waals surface area contributed by atoms with Crippen molar-refractivity contribution in [2.75, 3.05) is 20.3 Å². The van der Waals surface area contributed by atoms with Crippen LogP contribution < -0.4 is 4.74 Å². The van der Waals surface area contributed by atoms with Gasteiger partial charge in [0.2, 0.25) is 0 Å². The van der Waals surface area contributed by atoms with Crippen LogP contribution in [0.4, 0.5) is 13.2 Å². The Morgan fingerprint density at radius 2 is 1.95 bits per heavy atom. The lowest BCUT2D eigenvalue weighted by atomic mass is 10.0. The summed E-state index contributed by atoms with van der Waals surface area (Å²) in [5, 5.41) is 0. The van der Waals surface area contributed by atoms with E-state index in [1.54, 1.807) is 13.8 Å².